The Morgan fingerprint density at radius 2 is 1.77 bits per heavy atom. The minimum absolute atomic E-state index is 0.251. The zero-order valence-corrected chi connectivity index (χ0v) is 16.4. The van der Waals surface area contributed by atoms with Crippen molar-refractivity contribution < 1.29 is 23.8 Å². The van der Waals surface area contributed by atoms with Crippen LogP contribution in [0, 0.1) is 5.82 Å². The third-order valence-electron chi connectivity index (χ3n) is 5.97. The molecule has 0 aromatic heterocycles. The number of aliphatic hydroxyl groups is 1. The highest BCUT2D eigenvalue weighted by Gasteiger charge is 2.50. The van der Waals surface area contributed by atoms with E-state index in [1.807, 2.05) is 6.07 Å². The lowest BCUT2D eigenvalue weighted by atomic mass is 10.0. The molecular formula is C22H22FN3O4. The second-order valence-corrected chi connectivity index (χ2v) is 7.99. The molecule has 0 atom stereocenters. The molecule has 0 unspecified atom stereocenters. The van der Waals surface area contributed by atoms with Crippen LogP contribution in [0.25, 0.3) is 11.1 Å². The van der Waals surface area contributed by atoms with Gasteiger partial charge in [-0.2, -0.15) is 0 Å². The van der Waals surface area contributed by atoms with Gasteiger partial charge in [0.25, 0.3) is 11.8 Å². The van der Waals surface area contributed by atoms with Crippen molar-refractivity contribution >= 4 is 17.5 Å². The van der Waals surface area contributed by atoms with Crippen LogP contribution in [-0.2, 0) is 4.79 Å². The first-order valence-electron chi connectivity index (χ1n) is 10.1. The largest absolute Gasteiger partial charge is 0.471 e. The van der Waals surface area contributed by atoms with Gasteiger partial charge in [0.2, 0.25) is 0 Å². The SMILES string of the molecule is O=C(c1ccc(-c2ccc3c(c2)NCO3)c(F)c1)N1CCN(C(=O)C2(O)CC2)CC1. The molecule has 0 radical (unpaired) electrons. The number of halogens is 1. The smallest absolute Gasteiger partial charge is 0.254 e. The molecule has 8 heteroatoms. The molecule has 1 saturated heterocycles. The number of hydrogen-bond acceptors (Lipinski definition) is 5. The number of fused-ring (bicyclic) bond motifs is 1. The monoisotopic (exact) mass is 411 g/mol. The molecule has 2 N–H and O–H groups in total. The van der Waals surface area contributed by atoms with Crippen molar-refractivity contribution in [3.8, 4) is 16.9 Å². The molecule has 30 heavy (non-hydrogen) atoms. The van der Waals surface area contributed by atoms with Gasteiger partial charge < -0.3 is 25.0 Å². The second kappa shape index (κ2) is 6.98. The fourth-order valence-electron chi connectivity index (χ4n) is 3.96. The Hall–Kier alpha value is -3.13. The summed E-state index contributed by atoms with van der Waals surface area (Å²) in [6.07, 6.45) is 1.01. The van der Waals surface area contributed by atoms with Gasteiger partial charge in [-0.25, -0.2) is 4.39 Å². The number of carbonyl (C=O) groups is 2. The van der Waals surface area contributed by atoms with Crippen LogP contribution in [0.1, 0.15) is 23.2 Å². The number of nitrogens with one attached hydrogen (secondary N) is 1. The van der Waals surface area contributed by atoms with Gasteiger partial charge in [0.1, 0.15) is 17.2 Å². The first-order valence-corrected chi connectivity index (χ1v) is 10.1. The highest BCUT2D eigenvalue weighted by molar-refractivity contribution is 5.95. The van der Waals surface area contributed by atoms with Crippen LogP contribution >= 0.6 is 0 Å². The summed E-state index contributed by atoms with van der Waals surface area (Å²) in [7, 11) is 0. The van der Waals surface area contributed by atoms with Crippen molar-refractivity contribution in [1.82, 2.24) is 9.80 Å². The summed E-state index contributed by atoms with van der Waals surface area (Å²) in [6.45, 7) is 1.86. The topological polar surface area (TPSA) is 82.1 Å². The average molecular weight is 411 g/mol. The fraction of sp³-hybridized carbons (Fsp3) is 0.364. The minimum atomic E-state index is -1.19. The van der Waals surface area contributed by atoms with Crippen LogP contribution in [0.5, 0.6) is 5.75 Å². The zero-order chi connectivity index (χ0) is 20.9. The van der Waals surface area contributed by atoms with E-state index in [2.05, 4.69) is 5.32 Å². The van der Waals surface area contributed by atoms with Crippen LogP contribution in [0.3, 0.4) is 0 Å². The molecule has 1 aliphatic carbocycles. The van der Waals surface area contributed by atoms with Crippen LogP contribution in [0.2, 0.25) is 0 Å². The third kappa shape index (κ3) is 3.27. The summed E-state index contributed by atoms with van der Waals surface area (Å²) in [5.41, 5.74) is 1.02. The quantitative estimate of drug-likeness (QED) is 0.808. The maximum Gasteiger partial charge on any atom is 0.254 e. The van der Waals surface area contributed by atoms with Crippen LogP contribution in [0.4, 0.5) is 10.1 Å². The van der Waals surface area contributed by atoms with E-state index in [1.165, 1.54) is 6.07 Å². The zero-order valence-electron chi connectivity index (χ0n) is 16.4. The Balaban J connectivity index is 1.28. The Morgan fingerprint density at radius 1 is 1.03 bits per heavy atom. The predicted molar refractivity (Wildman–Crippen MR) is 108 cm³/mol. The molecule has 2 fully saturated rings. The highest BCUT2D eigenvalue weighted by Crippen LogP contribution is 2.37. The third-order valence-corrected chi connectivity index (χ3v) is 5.97. The molecule has 1 saturated carbocycles. The maximum absolute atomic E-state index is 14.8. The van der Waals surface area contributed by atoms with Crippen LogP contribution < -0.4 is 10.1 Å². The van der Waals surface area contributed by atoms with E-state index in [-0.39, 0.29) is 17.4 Å². The van der Waals surface area contributed by atoms with E-state index >= 15 is 0 Å². The molecule has 7 nitrogen and oxygen atoms in total. The van der Waals surface area contributed by atoms with Gasteiger partial charge in [0, 0.05) is 37.3 Å². The van der Waals surface area contributed by atoms with Gasteiger partial charge in [0.05, 0.1) is 5.69 Å². The number of carbonyl (C=O) groups excluding carboxylic acids is 2. The van der Waals surface area contributed by atoms with E-state index < -0.39 is 11.4 Å². The van der Waals surface area contributed by atoms with Crippen LogP contribution in [-0.4, -0.2) is 65.2 Å². The van der Waals surface area contributed by atoms with Crippen LogP contribution in [0.15, 0.2) is 36.4 Å². The average Bonchev–Trinajstić information content (AvgIpc) is 3.34. The number of amides is 2. The summed E-state index contributed by atoms with van der Waals surface area (Å²) in [5, 5.41) is 13.1. The molecule has 156 valence electrons. The lowest BCUT2D eigenvalue weighted by Crippen LogP contribution is -2.53. The Kier molecular flexibility index (Phi) is 4.39. The number of anilines is 1. The molecule has 0 bridgehead atoms. The van der Waals surface area contributed by atoms with Crippen molar-refractivity contribution in [2.24, 2.45) is 0 Å². The van der Waals surface area contributed by atoms with Gasteiger partial charge in [0.15, 0.2) is 6.73 Å². The number of benzene rings is 2. The van der Waals surface area contributed by atoms with Gasteiger partial charge >= 0.3 is 0 Å². The summed E-state index contributed by atoms with van der Waals surface area (Å²) in [4.78, 5) is 28.3. The standard InChI is InChI=1S/C22H22FN3O4/c23-17-11-15(1-3-16(17)14-2-4-19-18(12-14)24-13-30-19)20(27)25-7-9-26(10-8-25)21(28)22(29)5-6-22/h1-4,11-12,24,29H,5-10,13H2. The molecule has 2 aliphatic heterocycles. The minimum Gasteiger partial charge on any atom is -0.471 e. The number of hydrogen-bond donors (Lipinski definition) is 2. The Bertz CT molecular complexity index is 1030. The van der Waals surface area contributed by atoms with E-state index in [9.17, 15) is 19.1 Å². The lowest BCUT2D eigenvalue weighted by Gasteiger charge is -2.35. The van der Waals surface area contributed by atoms with E-state index in [0.717, 1.165) is 11.4 Å². The molecular weight excluding hydrogens is 389 g/mol. The Labute approximate surface area is 173 Å². The van der Waals surface area contributed by atoms with Crippen molar-refractivity contribution in [1.29, 1.82) is 0 Å². The van der Waals surface area contributed by atoms with Crippen molar-refractivity contribution in [2.45, 2.75) is 18.4 Å². The predicted octanol–water partition coefficient (Wildman–Crippen LogP) is 2.06. The second-order valence-electron chi connectivity index (χ2n) is 7.99. The van der Waals surface area contributed by atoms with E-state index in [0.29, 0.717) is 56.9 Å². The van der Waals surface area contributed by atoms with Gasteiger partial charge in [-0.15, -0.1) is 0 Å². The molecule has 0 spiro atoms. The first-order chi connectivity index (χ1) is 14.4. The van der Waals surface area contributed by atoms with Crippen molar-refractivity contribution in [3.63, 3.8) is 0 Å². The van der Waals surface area contributed by atoms with E-state index in [1.54, 1.807) is 34.1 Å². The number of nitrogens with zero attached hydrogens (tertiary/aromatic N) is 2. The first kappa shape index (κ1) is 18.9. The molecule has 2 heterocycles. The van der Waals surface area contributed by atoms with Crippen molar-refractivity contribution in [3.05, 3.63) is 47.8 Å². The van der Waals surface area contributed by atoms with Crippen molar-refractivity contribution in [2.75, 3.05) is 38.2 Å². The molecule has 3 aliphatic rings. The fourth-order valence-corrected chi connectivity index (χ4v) is 3.96. The Morgan fingerprint density at radius 3 is 2.47 bits per heavy atom. The summed E-state index contributed by atoms with van der Waals surface area (Å²) >= 11 is 0. The van der Waals surface area contributed by atoms with Gasteiger partial charge in [-0.05, 0) is 42.7 Å². The molecule has 2 aromatic rings. The lowest BCUT2D eigenvalue weighted by molar-refractivity contribution is -0.143. The molecule has 2 aromatic carbocycles. The maximum atomic E-state index is 14.8. The summed E-state index contributed by atoms with van der Waals surface area (Å²) < 4.78 is 20.2. The number of ether oxygens (including phenoxy) is 1. The summed E-state index contributed by atoms with van der Waals surface area (Å²) in [6, 6.07) is 9.91. The molecule has 5 rings (SSSR count). The highest BCUT2D eigenvalue weighted by atomic mass is 19.1. The summed E-state index contributed by atoms with van der Waals surface area (Å²) in [5.74, 6) is -0.247. The number of rotatable bonds is 3. The van der Waals surface area contributed by atoms with Gasteiger partial charge in [-0.1, -0.05) is 12.1 Å². The molecule has 2 amide bonds. The number of piperazine rings is 1. The van der Waals surface area contributed by atoms with E-state index in [4.69, 9.17) is 4.74 Å². The van der Waals surface area contributed by atoms with Gasteiger partial charge in [-0.3, -0.25) is 9.59 Å². The normalized spacial score (nSPS) is 19.0.